The van der Waals surface area contributed by atoms with Gasteiger partial charge in [-0.1, -0.05) is 18.2 Å². The van der Waals surface area contributed by atoms with Crippen molar-refractivity contribution in [3.05, 3.63) is 54.0 Å². The van der Waals surface area contributed by atoms with E-state index in [1.54, 1.807) is 0 Å². The van der Waals surface area contributed by atoms with Crippen LogP contribution in [0.1, 0.15) is 5.56 Å². The first-order valence-electron chi connectivity index (χ1n) is 4.50. The van der Waals surface area contributed by atoms with Crippen LogP contribution in [0.15, 0.2) is 53.3 Å². The average Bonchev–Trinajstić information content (AvgIpc) is 2.85. The summed E-state index contributed by atoms with van der Waals surface area (Å²) in [4.78, 5) is 5.50. The number of benzene rings is 1. The van der Waals surface area contributed by atoms with E-state index in [0.717, 1.165) is 0 Å². The summed E-state index contributed by atoms with van der Waals surface area (Å²) in [5.41, 5.74) is 1.34. The zero-order chi connectivity index (χ0) is 9.38. The lowest BCUT2D eigenvalue weighted by molar-refractivity contribution is 1.21. The summed E-state index contributed by atoms with van der Waals surface area (Å²) in [6.45, 7) is 0. The quantitative estimate of drug-likeness (QED) is 0.704. The first-order valence-corrected chi connectivity index (χ1v) is 5.86. The Hall–Kier alpha value is -1.48. The van der Waals surface area contributed by atoms with E-state index in [1.165, 1.54) is 10.5 Å². The van der Waals surface area contributed by atoms with Crippen LogP contribution in [0.25, 0.3) is 6.08 Å². The number of fused-ring (bicyclic) bond motifs is 1. The predicted molar refractivity (Wildman–Crippen MR) is 60.4 cm³/mol. The molecule has 70 valence electrons. The second-order valence-electron chi connectivity index (χ2n) is 3.16. The minimum atomic E-state index is -0.345. The average molecular weight is 202 g/mol. The van der Waals surface area contributed by atoms with Crippen LogP contribution in [0.5, 0.6) is 0 Å². The molecule has 0 aliphatic carbocycles. The number of hydrogen-bond donors (Lipinski definition) is 1. The monoisotopic (exact) mass is 202 g/mol. The highest BCUT2D eigenvalue weighted by Gasteiger charge is 2.13. The van der Waals surface area contributed by atoms with Gasteiger partial charge in [0, 0.05) is 17.3 Å². The van der Waals surface area contributed by atoms with E-state index in [4.69, 9.17) is 0 Å². The van der Waals surface area contributed by atoms with E-state index in [9.17, 15) is 0 Å². The molecule has 0 bridgehead atoms. The van der Waals surface area contributed by atoms with E-state index in [0.29, 0.717) is 0 Å². The molecule has 2 nitrogen and oxygen atoms in total. The maximum Gasteiger partial charge on any atom is 0.104 e. The minimum Gasteiger partial charge on any atom is -0.294 e. The molecular formula is C11H10N2S. The zero-order valence-electron chi connectivity index (χ0n) is 7.54. The van der Waals surface area contributed by atoms with Gasteiger partial charge in [0.2, 0.25) is 0 Å². The number of aromatic nitrogens is 2. The first-order chi connectivity index (χ1) is 6.95. The summed E-state index contributed by atoms with van der Waals surface area (Å²) in [6, 6.07) is 8.53. The highest BCUT2D eigenvalue weighted by molar-refractivity contribution is 8.18. The molecule has 1 atom stereocenters. The first kappa shape index (κ1) is 7.88. The minimum absolute atomic E-state index is 0.345. The molecule has 0 saturated heterocycles. The third kappa shape index (κ3) is 1.09. The van der Waals surface area contributed by atoms with Crippen LogP contribution in [0.4, 0.5) is 0 Å². The highest BCUT2D eigenvalue weighted by atomic mass is 32.2. The van der Waals surface area contributed by atoms with Crippen molar-refractivity contribution >= 4 is 17.2 Å². The lowest BCUT2D eigenvalue weighted by atomic mass is 10.2. The summed E-state index contributed by atoms with van der Waals surface area (Å²) < 4.78 is 2.18. The smallest absolute Gasteiger partial charge is 0.104 e. The Morgan fingerprint density at radius 3 is 3.00 bits per heavy atom. The van der Waals surface area contributed by atoms with Gasteiger partial charge in [-0.15, -0.1) is 11.1 Å². The van der Waals surface area contributed by atoms with Gasteiger partial charge in [0.1, 0.15) is 6.33 Å². The summed E-state index contributed by atoms with van der Waals surface area (Å²) in [5, 5.41) is 2.27. The van der Waals surface area contributed by atoms with E-state index in [1.807, 2.05) is 18.7 Å². The summed E-state index contributed by atoms with van der Waals surface area (Å²) in [5.74, 6) is 0. The van der Waals surface area contributed by atoms with Gasteiger partial charge in [0.15, 0.2) is 0 Å². The Bertz CT molecular complexity index is 474. The molecule has 0 fully saturated rings. The Kier molecular flexibility index (Phi) is 1.70. The normalized spacial score (nSPS) is 21.0. The van der Waals surface area contributed by atoms with Crippen LogP contribution in [0, 0.1) is 0 Å². The molecule has 0 amide bonds. The van der Waals surface area contributed by atoms with E-state index in [2.05, 4.69) is 44.7 Å². The Labute approximate surface area is 85.4 Å². The fraction of sp³-hybridized carbons (Fsp3) is 0. The van der Waals surface area contributed by atoms with Gasteiger partial charge in [-0.3, -0.25) is 3.97 Å². The lowest BCUT2D eigenvalue weighted by Gasteiger charge is -2.16. The lowest BCUT2D eigenvalue weighted by Crippen LogP contribution is -1.89. The van der Waals surface area contributed by atoms with E-state index < -0.39 is 0 Å². The van der Waals surface area contributed by atoms with Gasteiger partial charge in [-0.05, 0) is 23.1 Å². The van der Waals surface area contributed by atoms with Crippen LogP contribution in [-0.2, 0) is 0 Å². The number of imidazole rings is 1. The third-order valence-corrected chi connectivity index (χ3v) is 4.38. The van der Waals surface area contributed by atoms with Crippen LogP contribution < -0.4 is 0 Å². The molecule has 2 heterocycles. The molecule has 0 radical (unpaired) electrons. The third-order valence-electron chi connectivity index (χ3n) is 2.32. The second-order valence-corrected chi connectivity index (χ2v) is 5.09. The maximum absolute atomic E-state index is 4.08. The van der Waals surface area contributed by atoms with Crippen molar-refractivity contribution in [1.29, 1.82) is 0 Å². The molecule has 1 aromatic carbocycles. The van der Waals surface area contributed by atoms with Crippen molar-refractivity contribution in [2.45, 2.75) is 4.90 Å². The molecule has 3 heteroatoms. The molecule has 1 aliphatic heterocycles. The number of rotatable bonds is 1. The SMILES string of the molecule is C1=C[SH](n2ccnc2)c2ccccc21. The van der Waals surface area contributed by atoms with Crippen LogP contribution in [0.2, 0.25) is 0 Å². The zero-order valence-corrected chi connectivity index (χ0v) is 8.43. The van der Waals surface area contributed by atoms with Crippen molar-refractivity contribution < 1.29 is 0 Å². The molecule has 0 spiro atoms. The highest BCUT2D eigenvalue weighted by Crippen LogP contribution is 2.46. The Balaban J connectivity index is 2.11. The van der Waals surface area contributed by atoms with Crippen molar-refractivity contribution in [2.24, 2.45) is 0 Å². The van der Waals surface area contributed by atoms with Crippen molar-refractivity contribution in [3.8, 4) is 0 Å². The van der Waals surface area contributed by atoms with E-state index >= 15 is 0 Å². The molecule has 14 heavy (non-hydrogen) atoms. The predicted octanol–water partition coefficient (Wildman–Crippen LogP) is 2.69. The van der Waals surface area contributed by atoms with Crippen molar-refractivity contribution in [3.63, 3.8) is 0 Å². The summed E-state index contributed by atoms with van der Waals surface area (Å²) >= 11 is -0.345. The molecule has 3 rings (SSSR count). The van der Waals surface area contributed by atoms with Gasteiger partial charge in [0.25, 0.3) is 0 Å². The molecule has 1 aromatic heterocycles. The molecular weight excluding hydrogens is 192 g/mol. The van der Waals surface area contributed by atoms with Gasteiger partial charge >= 0.3 is 0 Å². The molecule has 1 aliphatic rings. The van der Waals surface area contributed by atoms with Crippen molar-refractivity contribution in [1.82, 2.24) is 8.96 Å². The molecule has 0 saturated carbocycles. The second kappa shape index (κ2) is 3.03. The van der Waals surface area contributed by atoms with Crippen molar-refractivity contribution in [2.75, 3.05) is 0 Å². The van der Waals surface area contributed by atoms with Crippen LogP contribution >= 0.6 is 11.1 Å². The van der Waals surface area contributed by atoms with Gasteiger partial charge in [0.05, 0.1) is 0 Å². The van der Waals surface area contributed by atoms with Gasteiger partial charge in [-0.25, -0.2) is 4.98 Å². The number of hydrogen-bond acceptors (Lipinski definition) is 1. The fourth-order valence-electron chi connectivity index (χ4n) is 1.65. The Morgan fingerprint density at radius 2 is 2.14 bits per heavy atom. The Morgan fingerprint density at radius 1 is 1.21 bits per heavy atom. The topological polar surface area (TPSA) is 17.8 Å². The van der Waals surface area contributed by atoms with Gasteiger partial charge < -0.3 is 0 Å². The van der Waals surface area contributed by atoms with Gasteiger partial charge in [-0.2, -0.15) is 0 Å². The number of thiol groups is 1. The molecule has 0 N–H and O–H groups in total. The molecule has 1 unspecified atom stereocenters. The van der Waals surface area contributed by atoms with Crippen LogP contribution in [0.3, 0.4) is 0 Å². The summed E-state index contributed by atoms with van der Waals surface area (Å²) in [6.07, 6.45) is 7.94. The summed E-state index contributed by atoms with van der Waals surface area (Å²) in [7, 11) is 0. The molecule has 2 aromatic rings. The largest absolute Gasteiger partial charge is 0.294 e. The van der Waals surface area contributed by atoms with Crippen LogP contribution in [-0.4, -0.2) is 8.96 Å². The standard InChI is InChI=1S/C11H10N2S/c1-2-4-11-10(3-1)5-8-14(11)13-7-6-12-9-13/h1-9,14H. The maximum atomic E-state index is 4.08. The fourth-order valence-corrected chi connectivity index (χ4v) is 3.54. The number of nitrogens with zero attached hydrogens (tertiary/aromatic N) is 2. The van der Waals surface area contributed by atoms with E-state index in [-0.39, 0.29) is 11.1 Å².